The maximum absolute atomic E-state index is 13.3. The summed E-state index contributed by atoms with van der Waals surface area (Å²) in [5.41, 5.74) is 2.13. The van der Waals surface area contributed by atoms with Gasteiger partial charge in [-0.05, 0) is 43.5 Å². The predicted molar refractivity (Wildman–Crippen MR) is 125 cm³/mol. The number of nitrogens with one attached hydrogen (secondary N) is 1. The molecular weight excluding hydrogens is 436 g/mol. The van der Waals surface area contributed by atoms with Gasteiger partial charge in [0.15, 0.2) is 15.7 Å². The second kappa shape index (κ2) is 9.36. The number of anilines is 1. The number of hydrogen-bond acceptors (Lipinski definition) is 6. The van der Waals surface area contributed by atoms with E-state index in [-0.39, 0.29) is 28.2 Å². The molecule has 1 aliphatic rings. The molecule has 1 aromatic heterocycles. The minimum absolute atomic E-state index is 0.00595. The van der Waals surface area contributed by atoms with Crippen molar-refractivity contribution in [2.75, 3.05) is 11.6 Å². The smallest absolute Gasteiger partial charge is 0.293 e. The molecule has 0 saturated heterocycles. The number of sulfone groups is 1. The van der Waals surface area contributed by atoms with E-state index in [9.17, 15) is 13.2 Å². The topological polar surface area (TPSA) is 93.4 Å². The molecule has 2 atom stereocenters. The molecule has 1 N–H and O–H groups in total. The van der Waals surface area contributed by atoms with Gasteiger partial charge in [0.25, 0.3) is 5.56 Å². The van der Waals surface area contributed by atoms with E-state index in [4.69, 9.17) is 11.6 Å². The van der Waals surface area contributed by atoms with Crippen LogP contribution in [0.15, 0.2) is 50.2 Å². The zero-order valence-electron chi connectivity index (χ0n) is 18.1. The van der Waals surface area contributed by atoms with Gasteiger partial charge in [0, 0.05) is 24.8 Å². The van der Waals surface area contributed by atoms with Crippen LogP contribution in [0.1, 0.15) is 62.5 Å². The molecule has 0 spiro atoms. The largest absolute Gasteiger partial charge is 0.361 e. The molecule has 2 aromatic rings. The molecule has 0 bridgehead atoms. The van der Waals surface area contributed by atoms with Crippen LogP contribution >= 0.6 is 11.6 Å². The van der Waals surface area contributed by atoms with Gasteiger partial charge in [-0.2, -0.15) is 0 Å². The average molecular weight is 463 g/mol. The van der Waals surface area contributed by atoms with Gasteiger partial charge in [-0.1, -0.05) is 37.6 Å². The number of rotatable bonds is 6. The highest BCUT2D eigenvalue weighted by Gasteiger charge is 2.23. The third-order valence-electron chi connectivity index (χ3n) is 5.44. The van der Waals surface area contributed by atoms with Crippen molar-refractivity contribution >= 4 is 33.5 Å². The van der Waals surface area contributed by atoms with E-state index in [1.165, 1.54) is 6.26 Å². The van der Waals surface area contributed by atoms with Gasteiger partial charge >= 0.3 is 0 Å². The summed E-state index contributed by atoms with van der Waals surface area (Å²) in [6.45, 7) is 6.44. The summed E-state index contributed by atoms with van der Waals surface area (Å²) in [5, 5.41) is 3.52. The fraction of sp³-hybridized carbons (Fsp3) is 0.409. The Morgan fingerprint density at radius 1 is 1.29 bits per heavy atom. The van der Waals surface area contributed by atoms with Crippen LogP contribution in [-0.4, -0.2) is 30.4 Å². The van der Waals surface area contributed by atoms with Gasteiger partial charge in [0.05, 0.1) is 16.8 Å². The Bertz CT molecular complexity index is 1180. The number of fused-ring (bicyclic) bond motifs is 1. The number of aliphatic imine (C=N–C) groups is 1. The van der Waals surface area contributed by atoms with Crippen molar-refractivity contribution in [3.8, 4) is 0 Å². The van der Waals surface area contributed by atoms with Crippen LogP contribution in [0.4, 0.5) is 5.82 Å². The Labute approximate surface area is 187 Å². The van der Waals surface area contributed by atoms with Crippen LogP contribution < -0.4 is 10.9 Å². The molecule has 166 valence electrons. The van der Waals surface area contributed by atoms with Crippen molar-refractivity contribution in [2.24, 2.45) is 4.99 Å². The highest BCUT2D eigenvalue weighted by atomic mass is 35.5. The first-order chi connectivity index (χ1) is 14.6. The molecule has 0 fully saturated rings. The second-order valence-electron chi connectivity index (χ2n) is 7.85. The highest BCUT2D eigenvalue weighted by Crippen LogP contribution is 2.28. The Kier molecular flexibility index (Phi) is 7.01. The third kappa shape index (κ3) is 5.25. The number of halogens is 1. The van der Waals surface area contributed by atoms with Crippen LogP contribution in [0.25, 0.3) is 0 Å². The van der Waals surface area contributed by atoms with Crippen molar-refractivity contribution in [1.82, 2.24) is 9.55 Å². The molecule has 31 heavy (non-hydrogen) atoms. The Morgan fingerprint density at radius 2 is 1.97 bits per heavy atom. The summed E-state index contributed by atoms with van der Waals surface area (Å²) in [6, 6.07) is 6.55. The minimum atomic E-state index is -3.25. The van der Waals surface area contributed by atoms with Gasteiger partial charge < -0.3 is 9.88 Å². The Balaban J connectivity index is 2.00. The average Bonchev–Trinajstić information content (AvgIpc) is 2.73. The van der Waals surface area contributed by atoms with Crippen molar-refractivity contribution in [1.29, 1.82) is 0 Å². The minimum Gasteiger partial charge on any atom is -0.361 e. The molecule has 0 saturated carbocycles. The zero-order valence-corrected chi connectivity index (χ0v) is 19.7. The lowest BCUT2D eigenvalue weighted by Crippen LogP contribution is -2.32. The highest BCUT2D eigenvalue weighted by molar-refractivity contribution is 7.90. The monoisotopic (exact) mass is 462 g/mol. The molecule has 9 heteroatoms. The van der Waals surface area contributed by atoms with Crippen molar-refractivity contribution in [2.45, 2.75) is 57.0 Å². The second-order valence-corrected chi connectivity index (χ2v) is 10.3. The summed E-state index contributed by atoms with van der Waals surface area (Å²) in [4.78, 5) is 22.4. The predicted octanol–water partition coefficient (Wildman–Crippen LogP) is 4.24. The zero-order chi connectivity index (χ0) is 22.8. The number of benzene rings is 1. The van der Waals surface area contributed by atoms with Crippen molar-refractivity contribution in [3.63, 3.8) is 0 Å². The van der Waals surface area contributed by atoms with Gasteiger partial charge in [0.2, 0.25) is 0 Å². The Morgan fingerprint density at radius 3 is 2.58 bits per heavy atom. The molecule has 2 unspecified atom stereocenters. The van der Waals surface area contributed by atoms with E-state index in [1.807, 2.05) is 19.9 Å². The number of nitrogens with zero attached hydrogens (tertiary/aromatic N) is 3. The van der Waals surface area contributed by atoms with E-state index >= 15 is 0 Å². The van der Waals surface area contributed by atoms with Gasteiger partial charge in [-0.25, -0.2) is 18.4 Å². The molecule has 2 heterocycles. The summed E-state index contributed by atoms with van der Waals surface area (Å²) in [7, 11) is -3.25. The van der Waals surface area contributed by atoms with Crippen molar-refractivity contribution < 1.29 is 8.42 Å². The quantitative estimate of drug-likeness (QED) is 0.648. The van der Waals surface area contributed by atoms with Gasteiger partial charge in [-0.3, -0.25) is 4.79 Å². The fourth-order valence-electron chi connectivity index (χ4n) is 3.49. The Hall–Kier alpha value is -2.45. The molecular formula is C22H27ClN4O3S. The summed E-state index contributed by atoms with van der Waals surface area (Å²) in [5.74, 6) is 0.285. The van der Waals surface area contributed by atoms with E-state index in [0.29, 0.717) is 23.8 Å². The van der Waals surface area contributed by atoms with Crippen LogP contribution in [0.2, 0.25) is 0 Å². The number of allylic oxidation sites excluding steroid dienone is 1. The maximum atomic E-state index is 13.3. The summed E-state index contributed by atoms with van der Waals surface area (Å²) in [6.07, 6.45) is 6.09. The normalized spacial score (nSPS) is 17.3. The van der Waals surface area contributed by atoms with Crippen LogP contribution in [0, 0.1) is 0 Å². The first-order valence-corrected chi connectivity index (χ1v) is 12.5. The molecule has 0 aliphatic carbocycles. The lowest BCUT2D eigenvalue weighted by Gasteiger charge is -2.25. The van der Waals surface area contributed by atoms with E-state index < -0.39 is 9.84 Å². The van der Waals surface area contributed by atoms with E-state index in [1.54, 1.807) is 35.0 Å². The van der Waals surface area contributed by atoms with Crippen LogP contribution in [0.3, 0.4) is 0 Å². The first kappa shape index (κ1) is 23.2. The lowest BCUT2D eigenvalue weighted by molar-refractivity contribution is 0.475. The maximum Gasteiger partial charge on any atom is 0.293 e. The van der Waals surface area contributed by atoms with E-state index in [2.05, 4.69) is 22.2 Å². The molecule has 0 amide bonds. The molecule has 0 radical (unpaired) electrons. The SMILES string of the molecule is CCC(C)n1c2c(nc(NCc3ccc(S(C)(=O)=O)cc3)c1=O)C=NC(Cl)=CCC2C. The molecule has 3 rings (SSSR count). The van der Waals surface area contributed by atoms with Gasteiger partial charge in [-0.15, -0.1) is 0 Å². The fourth-order valence-corrected chi connectivity index (χ4v) is 4.26. The number of aromatic nitrogens is 2. The summed E-state index contributed by atoms with van der Waals surface area (Å²) >= 11 is 6.12. The third-order valence-corrected chi connectivity index (χ3v) is 6.82. The molecule has 7 nitrogen and oxygen atoms in total. The van der Waals surface area contributed by atoms with Gasteiger partial charge in [0.1, 0.15) is 10.9 Å². The molecule has 1 aliphatic heterocycles. The standard InChI is InChI=1S/C22H27ClN4O3S/c1-5-15(3)27-20-14(2)6-11-19(23)24-13-18(20)26-21(22(27)28)25-12-16-7-9-17(10-8-16)31(4,29)30/h7-11,13-15H,5-6,12H2,1-4H3,(H,25,26). The lowest BCUT2D eigenvalue weighted by atomic mass is 9.99. The van der Waals surface area contributed by atoms with Crippen LogP contribution in [0.5, 0.6) is 0 Å². The van der Waals surface area contributed by atoms with Crippen LogP contribution in [-0.2, 0) is 16.4 Å². The van der Waals surface area contributed by atoms with E-state index in [0.717, 1.165) is 17.7 Å². The first-order valence-electron chi connectivity index (χ1n) is 10.2. The molecule has 1 aromatic carbocycles. The number of hydrogen-bond donors (Lipinski definition) is 1. The summed E-state index contributed by atoms with van der Waals surface area (Å²) < 4.78 is 25.1. The van der Waals surface area contributed by atoms with Crippen molar-refractivity contribution in [3.05, 3.63) is 62.8 Å².